The molecular weight excluding hydrogens is 276 g/mol. The smallest absolute Gasteiger partial charge is 0.242 e. The van der Waals surface area contributed by atoms with E-state index in [9.17, 15) is 9.59 Å². The Morgan fingerprint density at radius 3 is 2.90 bits per heavy atom. The molecule has 0 aromatic carbocycles. The zero-order chi connectivity index (χ0) is 14.5. The van der Waals surface area contributed by atoms with E-state index < -0.39 is 0 Å². The first-order valence-corrected chi connectivity index (χ1v) is 7.17. The van der Waals surface area contributed by atoms with Gasteiger partial charge >= 0.3 is 0 Å². The molecule has 0 radical (unpaired) electrons. The monoisotopic (exact) mass is 292 g/mol. The Hall–Kier alpha value is -1.84. The molecule has 2 heterocycles. The average molecular weight is 292 g/mol. The molecule has 0 bridgehead atoms. The highest BCUT2D eigenvalue weighted by Gasteiger charge is 2.27. The Morgan fingerprint density at radius 2 is 2.15 bits per heavy atom. The summed E-state index contributed by atoms with van der Waals surface area (Å²) in [4.78, 5) is 27.5. The van der Waals surface area contributed by atoms with Crippen LogP contribution in [-0.2, 0) is 16.1 Å². The molecule has 1 fully saturated rings. The Morgan fingerprint density at radius 1 is 1.35 bits per heavy atom. The van der Waals surface area contributed by atoms with Gasteiger partial charge in [-0.3, -0.25) is 9.59 Å². The van der Waals surface area contributed by atoms with Gasteiger partial charge in [0.15, 0.2) is 0 Å². The molecule has 0 spiro atoms. The molecule has 106 valence electrons. The molecule has 0 aliphatic carbocycles. The van der Waals surface area contributed by atoms with Crippen molar-refractivity contribution >= 4 is 23.2 Å². The number of hydrogen-bond donors (Lipinski definition) is 1. The van der Waals surface area contributed by atoms with Crippen molar-refractivity contribution in [1.82, 2.24) is 9.80 Å². The molecule has 2 amide bonds. The molecule has 5 nitrogen and oxygen atoms in total. The number of carbonyl (C=O) groups excluding carboxylic acids is 2. The van der Waals surface area contributed by atoms with Crippen molar-refractivity contribution in [3.05, 3.63) is 21.9 Å². The predicted octanol–water partition coefficient (Wildman–Crippen LogP) is 0.283. The van der Waals surface area contributed by atoms with E-state index in [1.54, 1.807) is 11.9 Å². The summed E-state index contributed by atoms with van der Waals surface area (Å²) in [7, 11) is 1.63. The van der Waals surface area contributed by atoms with Crippen molar-refractivity contribution < 1.29 is 14.7 Å². The summed E-state index contributed by atoms with van der Waals surface area (Å²) in [6.07, 6.45) is 0.432. The minimum absolute atomic E-state index is 0.0396. The number of rotatable bonds is 3. The van der Waals surface area contributed by atoms with E-state index in [4.69, 9.17) is 5.11 Å². The molecule has 0 saturated carbocycles. The summed E-state index contributed by atoms with van der Waals surface area (Å²) in [5.41, 5.74) is 0.864. The lowest BCUT2D eigenvalue weighted by atomic mass is 10.2. The molecule has 1 N–H and O–H groups in total. The first kappa shape index (κ1) is 14.6. The molecular formula is C14H16N2O3S. The molecule has 1 aromatic rings. The molecule has 1 aliphatic rings. The molecule has 1 saturated heterocycles. The molecule has 20 heavy (non-hydrogen) atoms. The first-order chi connectivity index (χ1) is 9.61. The van der Waals surface area contributed by atoms with Gasteiger partial charge in [0.2, 0.25) is 11.8 Å². The quantitative estimate of drug-likeness (QED) is 0.814. The van der Waals surface area contributed by atoms with Crippen LogP contribution >= 0.6 is 11.3 Å². The van der Waals surface area contributed by atoms with Crippen LogP contribution in [0, 0.1) is 11.8 Å². The normalized spacial score (nSPS) is 15.3. The highest BCUT2D eigenvalue weighted by atomic mass is 32.1. The minimum atomic E-state index is -0.0472. The summed E-state index contributed by atoms with van der Waals surface area (Å²) in [6.45, 7) is 0.712. The van der Waals surface area contributed by atoms with Gasteiger partial charge in [-0.05, 0) is 11.4 Å². The highest BCUT2D eigenvalue weighted by Crippen LogP contribution is 2.19. The fourth-order valence-electron chi connectivity index (χ4n) is 1.87. The van der Waals surface area contributed by atoms with Gasteiger partial charge in [-0.25, -0.2) is 0 Å². The SMILES string of the molecule is CN1CC(=O)N(Cc2sccc2C#CCCO)CC1=O. The van der Waals surface area contributed by atoms with Crippen LogP contribution in [0.4, 0.5) is 0 Å². The average Bonchev–Trinajstić information content (AvgIpc) is 2.84. The van der Waals surface area contributed by atoms with Gasteiger partial charge < -0.3 is 14.9 Å². The van der Waals surface area contributed by atoms with Crippen LogP contribution in [0.3, 0.4) is 0 Å². The van der Waals surface area contributed by atoms with E-state index in [1.165, 1.54) is 16.2 Å². The fraction of sp³-hybridized carbons (Fsp3) is 0.429. The lowest BCUT2D eigenvalue weighted by molar-refractivity contribution is -0.149. The van der Waals surface area contributed by atoms with E-state index in [1.807, 2.05) is 11.4 Å². The van der Waals surface area contributed by atoms with E-state index >= 15 is 0 Å². The lowest BCUT2D eigenvalue weighted by Gasteiger charge is -2.31. The van der Waals surface area contributed by atoms with Crippen LogP contribution in [-0.4, -0.2) is 53.5 Å². The third kappa shape index (κ3) is 3.38. The van der Waals surface area contributed by atoms with Crippen molar-refractivity contribution in [3.8, 4) is 11.8 Å². The van der Waals surface area contributed by atoms with Crippen molar-refractivity contribution in [2.45, 2.75) is 13.0 Å². The van der Waals surface area contributed by atoms with Gasteiger partial charge in [0.25, 0.3) is 0 Å². The van der Waals surface area contributed by atoms with E-state index in [-0.39, 0.29) is 31.5 Å². The summed E-state index contributed by atoms with van der Waals surface area (Å²) < 4.78 is 0. The van der Waals surface area contributed by atoms with Crippen molar-refractivity contribution in [3.63, 3.8) is 0 Å². The highest BCUT2D eigenvalue weighted by molar-refractivity contribution is 7.10. The maximum absolute atomic E-state index is 11.9. The van der Waals surface area contributed by atoms with Gasteiger partial charge in [0.1, 0.15) is 6.54 Å². The van der Waals surface area contributed by atoms with Gasteiger partial charge in [0.05, 0.1) is 19.7 Å². The van der Waals surface area contributed by atoms with Crippen LogP contribution in [0.25, 0.3) is 0 Å². The first-order valence-electron chi connectivity index (χ1n) is 6.29. The number of nitrogens with zero attached hydrogens (tertiary/aromatic N) is 2. The molecule has 0 unspecified atom stereocenters. The summed E-state index contributed by atoms with van der Waals surface area (Å²) >= 11 is 1.52. The Labute approximate surface area is 121 Å². The van der Waals surface area contributed by atoms with E-state index in [0.29, 0.717) is 13.0 Å². The number of aliphatic hydroxyl groups is 1. The zero-order valence-corrected chi connectivity index (χ0v) is 12.1. The molecule has 0 atom stereocenters. The topological polar surface area (TPSA) is 60.9 Å². The minimum Gasteiger partial charge on any atom is -0.395 e. The predicted molar refractivity (Wildman–Crippen MR) is 76.0 cm³/mol. The van der Waals surface area contributed by atoms with Gasteiger partial charge in [-0.15, -0.1) is 11.3 Å². The summed E-state index contributed by atoms with van der Waals surface area (Å²) in [6, 6.07) is 1.90. The second-order valence-corrected chi connectivity index (χ2v) is 5.53. The number of amides is 2. The van der Waals surface area contributed by atoms with Crippen LogP contribution in [0.5, 0.6) is 0 Å². The van der Waals surface area contributed by atoms with Crippen molar-refractivity contribution in [2.24, 2.45) is 0 Å². The Balaban J connectivity index is 2.07. The van der Waals surface area contributed by atoms with Crippen LogP contribution in [0.15, 0.2) is 11.4 Å². The molecule has 2 rings (SSSR count). The largest absolute Gasteiger partial charge is 0.395 e. The van der Waals surface area contributed by atoms with Gasteiger partial charge in [-0.1, -0.05) is 11.8 Å². The van der Waals surface area contributed by atoms with Crippen molar-refractivity contribution in [2.75, 3.05) is 26.7 Å². The van der Waals surface area contributed by atoms with E-state index in [0.717, 1.165) is 10.4 Å². The van der Waals surface area contributed by atoms with Crippen molar-refractivity contribution in [1.29, 1.82) is 0 Å². The summed E-state index contributed by atoms with van der Waals surface area (Å²) in [5.74, 6) is 5.76. The maximum atomic E-state index is 11.9. The van der Waals surface area contributed by atoms with E-state index in [2.05, 4.69) is 11.8 Å². The zero-order valence-electron chi connectivity index (χ0n) is 11.3. The Kier molecular flexibility index (Phi) is 4.77. The maximum Gasteiger partial charge on any atom is 0.242 e. The van der Waals surface area contributed by atoms with Crippen LogP contribution in [0.1, 0.15) is 16.9 Å². The number of carbonyl (C=O) groups is 2. The molecule has 1 aromatic heterocycles. The second kappa shape index (κ2) is 6.55. The third-order valence-corrected chi connectivity index (χ3v) is 3.92. The van der Waals surface area contributed by atoms with Crippen LogP contribution < -0.4 is 0 Å². The second-order valence-electron chi connectivity index (χ2n) is 4.53. The van der Waals surface area contributed by atoms with Gasteiger partial charge in [-0.2, -0.15) is 0 Å². The summed E-state index contributed by atoms with van der Waals surface area (Å²) in [5, 5.41) is 10.6. The fourth-order valence-corrected chi connectivity index (χ4v) is 2.71. The lowest BCUT2D eigenvalue weighted by Crippen LogP contribution is -2.51. The number of aliphatic hydroxyl groups excluding tert-OH is 1. The van der Waals surface area contributed by atoms with Gasteiger partial charge in [0, 0.05) is 23.9 Å². The molecule has 6 heteroatoms. The number of likely N-dealkylation sites (N-methyl/N-ethyl adjacent to an activating group) is 1. The third-order valence-electron chi connectivity index (χ3n) is 3.02. The number of thiophene rings is 1. The number of hydrogen-bond acceptors (Lipinski definition) is 4. The molecule has 1 aliphatic heterocycles. The van der Waals surface area contributed by atoms with Crippen LogP contribution in [0.2, 0.25) is 0 Å². The number of piperazine rings is 1. The Bertz CT molecular complexity index is 570. The standard InChI is InChI=1S/C14H16N2O3S/c1-15-9-14(19)16(10-13(15)18)8-12-11(5-7-20-12)4-2-3-6-17/h5,7,17H,3,6,8-10H2,1H3.